The lowest BCUT2D eigenvalue weighted by Crippen LogP contribution is -2.29. The Morgan fingerprint density at radius 2 is 1.73 bits per heavy atom. The van der Waals surface area contributed by atoms with Gasteiger partial charge in [0.25, 0.3) is 5.91 Å². The van der Waals surface area contributed by atoms with Crippen molar-refractivity contribution in [2.45, 2.75) is 33.6 Å². The van der Waals surface area contributed by atoms with Gasteiger partial charge in [-0.25, -0.2) is 9.78 Å². The van der Waals surface area contributed by atoms with E-state index in [1.807, 2.05) is 48.5 Å². The number of fused-ring (bicyclic) bond motifs is 2. The van der Waals surface area contributed by atoms with Crippen LogP contribution in [-0.4, -0.2) is 23.5 Å². The molecule has 5 rings (SSSR count). The van der Waals surface area contributed by atoms with Gasteiger partial charge >= 0.3 is 5.97 Å². The third-order valence-corrected chi connectivity index (χ3v) is 7.78. The van der Waals surface area contributed by atoms with Gasteiger partial charge in [-0.05, 0) is 83.3 Å². The molecule has 0 aliphatic heterocycles. The van der Waals surface area contributed by atoms with Crippen LogP contribution in [0.1, 0.15) is 54.4 Å². The molecule has 204 valence electrons. The molecule has 0 spiro atoms. The van der Waals surface area contributed by atoms with E-state index in [0.717, 1.165) is 28.8 Å². The molecule has 0 bridgehead atoms. The molecule has 0 radical (unpaired) electrons. The summed E-state index contributed by atoms with van der Waals surface area (Å²) in [6.45, 7) is 6.23. The molecule has 3 aromatic carbocycles. The normalized spacial score (nSPS) is 16.0. The topological polar surface area (TPSA) is 68.3 Å². The van der Waals surface area contributed by atoms with Crippen molar-refractivity contribution in [3.63, 3.8) is 0 Å². The molecule has 1 atom stereocenters. The van der Waals surface area contributed by atoms with Gasteiger partial charge in [-0.2, -0.15) is 0 Å². The van der Waals surface area contributed by atoms with E-state index in [4.69, 9.17) is 32.9 Å². The van der Waals surface area contributed by atoms with Gasteiger partial charge in [0.2, 0.25) is 0 Å². The largest absolute Gasteiger partial charge is 0.452 e. The SMILES string of the molecule is CC(C)(C)[C@@H]1C/C(=C/c2ccc(Cl)cc2)c2nc3ccccc3c(C(=O)OCC(=O)Nc3cccc(Cl)c3)c2C1. The Morgan fingerprint density at radius 1 is 0.975 bits per heavy atom. The van der Waals surface area contributed by atoms with Gasteiger partial charge in [0.15, 0.2) is 6.61 Å². The number of esters is 1. The Kier molecular flexibility index (Phi) is 7.97. The van der Waals surface area contributed by atoms with Crippen LogP contribution in [0.2, 0.25) is 10.0 Å². The Morgan fingerprint density at radius 3 is 2.45 bits per heavy atom. The van der Waals surface area contributed by atoms with Gasteiger partial charge in [-0.15, -0.1) is 0 Å². The number of allylic oxidation sites excluding steroid dienone is 1. The lowest BCUT2D eigenvalue weighted by molar-refractivity contribution is -0.119. The smallest absolute Gasteiger partial charge is 0.339 e. The summed E-state index contributed by atoms with van der Waals surface area (Å²) in [7, 11) is 0. The van der Waals surface area contributed by atoms with E-state index >= 15 is 0 Å². The van der Waals surface area contributed by atoms with Crippen LogP contribution in [0.5, 0.6) is 0 Å². The highest BCUT2D eigenvalue weighted by Gasteiger charge is 2.35. The molecule has 1 heterocycles. The Labute approximate surface area is 244 Å². The zero-order valence-electron chi connectivity index (χ0n) is 22.6. The highest BCUT2D eigenvalue weighted by Crippen LogP contribution is 2.45. The standard InChI is InChI=1S/C33H30Cl2N2O3/c1-33(2,3)22-16-21(15-20-11-13-23(34)14-12-20)31-27(17-22)30(26-9-4-5-10-28(26)37-31)32(39)40-19-29(38)36-25-8-6-7-24(35)18-25/h4-15,18,22H,16-17,19H2,1-3H3,(H,36,38)/b21-15-/t22-/m1/s1. The van der Waals surface area contributed by atoms with Crippen molar-refractivity contribution in [1.82, 2.24) is 4.98 Å². The zero-order valence-corrected chi connectivity index (χ0v) is 24.1. The minimum absolute atomic E-state index is 0.0135. The molecular weight excluding hydrogens is 543 g/mol. The molecule has 7 heteroatoms. The van der Waals surface area contributed by atoms with Gasteiger partial charge in [0.05, 0.1) is 16.8 Å². The molecule has 1 aliphatic carbocycles. The summed E-state index contributed by atoms with van der Waals surface area (Å²) in [5.41, 5.74) is 5.40. The first-order valence-electron chi connectivity index (χ1n) is 13.2. The molecule has 0 unspecified atom stereocenters. The fourth-order valence-electron chi connectivity index (χ4n) is 5.10. The predicted molar refractivity (Wildman–Crippen MR) is 163 cm³/mol. The number of ether oxygens (including phenoxy) is 1. The number of nitrogens with one attached hydrogen (secondary N) is 1. The fraction of sp³-hybridized carbons (Fsp3) is 0.242. The average Bonchev–Trinajstić information content (AvgIpc) is 2.91. The van der Waals surface area contributed by atoms with Crippen LogP contribution in [0, 0.1) is 11.3 Å². The minimum atomic E-state index is -0.545. The number of anilines is 1. The van der Waals surface area contributed by atoms with Crippen LogP contribution in [-0.2, 0) is 16.0 Å². The van der Waals surface area contributed by atoms with E-state index in [0.29, 0.717) is 38.6 Å². The number of carbonyl (C=O) groups excluding carboxylic acids is 2. The highest BCUT2D eigenvalue weighted by atomic mass is 35.5. The number of aromatic nitrogens is 1. The molecule has 1 N–H and O–H groups in total. The number of rotatable bonds is 5. The second-order valence-electron chi connectivity index (χ2n) is 11.2. The summed E-state index contributed by atoms with van der Waals surface area (Å²) in [4.78, 5) is 31.4. The molecule has 1 aromatic heterocycles. The number of carbonyl (C=O) groups is 2. The summed E-state index contributed by atoms with van der Waals surface area (Å²) in [6.07, 6.45) is 3.62. The average molecular weight is 574 g/mol. The molecule has 0 saturated carbocycles. The number of amides is 1. The summed E-state index contributed by atoms with van der Waals surface area (Å²) < 4.78 is 5.61. The molecule has 40 heavy (non-hydrogen) atoms. The first-order chi connectivity index (χ1) is 19.1. The van der Waals surface area contributed by atoms with Crippen molar-refractivity contribution in [1.29, 1.82) is 0 Å². The first-order valence-corrected chi connectivity index (χ1v) is 13.9. The number of para-hydroxylation sites is 1. The van der Waals surface area contributed by atoms with Gasteiger partial charge < -0.3 is 10.1 Å². The first kappa shape index (κ1) is 27.9. The van der Waals surface area contributed by atoms with E-state index in [1.165, 1.54) is 0 Å². The zero-order chi connectivity index (χ0) is 28.4. The maximum atomic E-state index is 13.7. The number of nitrogens with zero attached hydrogens (tertiary/aromatic N) is 1. The predicted octanol–water partition coefficient (Wildman–Crippen LogP) is 8.49. The van der Waals surface area contributed by atoms with E-state index in [-0.39, 0.29) is 11.3 Å². The Balaban J connectivity index is 1.54. The number of benzene rings is 3. The maximum Gasteiger partial charge on any atom is 0.339 e. The number of halogens is 2. The second-order valence-corrected chi connectivity index (χ2v) is 12.0. The monoisotopic (exact) mass is 572 g/mol. The third kappa shape index (κ3) is 6.22. The van der Waals surface area contributed by atoms with Gasteiger partial charge in [0.1, 0.15) is 0 Å². The van der Waals surface area contributed by atoms with E-state index in [2.05, 4.69) is 32.2 Å². The van der Waals surface area contributed by atoms with Gasteiger partial charge in [0, 0.05) is 21.1 Å². The fourth-order valence-corrected chi connectivity index (χ4v) is 5.41. The van der Waals surface area contributed by atoms with Crippen molar-refractivity contribution >= 4 is 63.3 Å². The summed E-state index contributed by atoms with van der Waals surface area (Å²) >= 11 is 12.1. The number of hydrogen-bond donors (Lipinski definition) is 1. The molecule has 1 aliphatic rings. The van der Waals surface area contributed by atoms with E-state index in [1.54, 1.807) is 24.3 Å². The molecular formula is C33H30Cl2N2O3. The number of pyridine rings is 1. The Bertz CT molecular complexity index is 1620. The van der Waals surface area contributed by atoms with Crippen molar-refractivity contribution in [3.8, 4) is 0 Å². The molecule has 1 amide bonds. The summed E-state index contributed by atoms with van der Waals surface area (Å²) in [6, 6.07) is 22.1. The van der Waals surface area contributed by atoms with E-state index in [9.17, 15) is 9.59 Å². The van der Waals surface area contributed by atoms with Crippen molar-refractivity contribution in [2.24, 2.45) is 11.3 Å². The molecule has 0 fully saturated rings. The second kappa shape index (κ2) is 11.4. The minimum Gasteiger partial charge on any atom is -0.452 e. The van der Waals surface area contributed by atoms with Gasteiger partial charge in [-0.3, -0.25) is 4.79 Å². The van der Waals surface area contributed by atoms with E-state index < -0.39 is 18.5 Å². The molecule has 5 nitrogen and oxygen atoms in total. The van der Waals surface area contributed by atoms with Crippen LogP contribution in [0.4, 0.5) is 5.69 Å². The maximum absolute atomic E-state index is 13.7. The molecule has 0 saturated heterocycles. The van der Waals surface area contributed by atoms with Crippen molar-refractivity contribution in [2.75, 3.05) is 11.9 Å². The lowest BCUT2D eigenvalue weighted by atomic mass is 9.69. The van der Waals surface area contributed by atoms with Crippen LogP contribution in [0.3, 0.4) is 0 Å². The third-order valence-electron chi connectivity index (χ3n) is 7.30. The summed E-state index contributed by atoms with van der Waals surface area (Å²) in [5.74, 6) is -0.727. The quantitative estimate of drug-likeness (QED) is 0.243. The van der Waals surface area contributed by atoms with Crippen LogP contribution in [0.15, 0.2) is 72.8 Å². The lowest BCUT2D eigenvalue weighted by Gasteiger charge is -2.36. The molecule has 4 aromatic rings. The van der Waals surface area contributed by atoms with Crippen molar-refractivity contribution < 1.29 is 14.3 Å². The Hall–Kier alpha value is -3.67. The number of hydrogen-bond acceptors (Lipinski definition) is 4. The van der Waals surface area contributed by atoms with Gasteiger partial charge in [-0.1, -0.05) is 80.4 Å². The van der Waals surface area contributed by atoms with Crippen LogP contribution >= 0.6 is 23.2 Å². The van der Waals surface area contributed by atoms with Crippen LogP contribution in [0.25, 0.3) is 22.6 Å². The summed E-state index contributed by atoms with van der Waals surface area (Å²) in [5, 5.41) is 4.61. The highest BCUT2D eigenvalue weighted by molar-refractivity contribution is 6.31. The van der Waals surface area contributed by atoms with Crippen molar-refractivity contribution in [3.05, 3.63) is 105 Å². The van der Waals surface area contributed by atoms with Crippen LogP contribution < -0.4 is 5.32 Å².